The van der Waals surface area contributed by atoms with E-state index in [1.54, 1.807) is 0 Å². The number of nitrogens with two attached hydrogens (primary N) is 1. The van der Waals surface area contributed by atoms with E-state index >= 15 is 0 Å². The molecule has 0 aromatic heterocycles. The summed E-state index contributed by atoms with van der Waals surface area (Å²) in [5.41, 5.74) is 6.81. The normalized spacial score (nSPS) is 3.58. The lowest BCUT2D eigenvalue weighted by molar-refractivity contribution is 1.50. The summed E-state index contributed by atoms with van der Waals surface area (Å²) in [6.07, 6.45) is 8.13. The largest absolute Gasteiger partial charge is 0.390 e. The Morgan fingerprint density at radius 1 is 1.25 bits per heavy atom. The van der Waals surface area contributed by atoms with Gasteiger partial charge in [0.1, 0.15) is 6.20 Å². The van der Waals surface area contributed by atoms with E-state index in [9.17, 15) is 0 Å². The molecule has 0 atom stereocenters. The quantitative estimate of drug-likeness (QED) is 0.334. The molecule has 0 aliphatic rings. The van der Waals surface area contributed by atoms with Crippen molar-refractivity contribution < 1.29 is 0 Å². The van der Waals surface area contributed by atoms with Crippen molar-refractivity contribution in [2.75, 3.05) is 0 Å². The zero-order valence-electron chi connectivity index (χ0n) is 8.65. The second-order valence-corrected chi connectivity index (χ2v) is 0.692. The Hall–Kier alpha value is -1.38. The Kier molecular flexibility index (Phi) is 195. The summed E-state index contributed by atoms with van der Waals surface area (Å²) in [6, 6.07) is 0. The molecule has 1 radical (unpaired) electrons. The van der Waals surface area contributed by atoms with Gasteiger partial charge < -0.3 is 5.73 Å². The minimum Gasteiger partial charge on any atom is -0.390 e. The van der Waals surface area contributed by atoms with Crippen LogP contribution in [0.4, 0.5) is 0 Å². The Morgan fingerprint density at radius 3 is 1.42 bits per heavy atom. The minimum atomic E-state index is 1.40. The zero-order valence-corrected chi connectivity index (χ0v) is 8.65. The third-order valence-corrected chi connectivity index (χ3v) is 0.220. The van der Waals surface area contributed by atoms with Gasteiger partial charge in [-0.1, -0.05) is 46.8 Å². The predicted octanol–water partition coefficient (Wildman–Crippen LogP) is 2.90. The number of hydrogen-bond donors (Lipinski definition) is 1. The summed E-state index contributed by atoms with van der Waals surface area (Å²) in [5.74, 6) is 2.19. The first-order valence-corrected chi connectivity index (χ1v) is 3.88. The van der Waals surface area contributed by atoms with Gasteiger partial charge in [-0.25, -0.2) is 0 Å². The molecule has 0 unspecified atom stereocenters. The van der Waals surface area contributed by atoms with Crippen LogP contribution in [0.5, 0.6) is 0 Å². The van der Waals surface area contributed by atoms with E-state index in [0.717, 1.165) is 0 Å². The van der Waals surface area contributed by atoms with Crippen LogP contribution in [0.25, 0.3) is 0 Å². The molecular formula is C11H20N. The maximum atomic E-state index is 4.66. The Morgan fingerprint density at radius 2 is 1.42 bits per heavy atom. The molecule has 0 aromatic carbocycles. The van der Waals surface area contributed by atoms with Gasteiger partial charge in [0.25, 0.3) is 0 Å². The molecule has 1 nitrogen and oxygen atoms in total. The van der Waals surface area contributed by atoms with Gasteiger partial charge in [0.2, 0.25) is 0 Å². The summed E-state index contributed by atoms with van der Waals surface area (Å²) in [6.45, 7) is 14.4. The first-order chi connectivity index (χ1) is 5.83. The molecule has 0 saturated heterocycles. The highest BCUT2D eigenvalue weighted by Crippen LogP contribution is 1.41. The molecule has 0 aliphatic heterocycles. The van der Waals surface area contributed by atoms with Crippen LogP contribution in [0.15, 0.2) is 25.0 Å². The van der Waals surface area contributed by atoms with E-state index in [0.29, 0.717) is 0 Å². The van der Waals surface area contributed by atoms with Gasteiger partial charge in [-0.05, 0) is 6.08 Å². The summed E-state index contributed by atoms with van der Waals surface area (Å²) >= 11 is 0. The van der Waals surface area contributed by atoms with Gasteiger partial charge in [0.05, 0.1) is 0 Å². The number of hydrogen-bond acceptors (Lipinski definition) is 1. The van der Waals surface area contributed by atoms with E-state index in [-0.39, 0.29) is 0 Å². The smallest absolute Gasteiger partial charge is 0.106 e. The molecule has 0 heterocycles. The highest BCUT2D eigenvalue weighted by molar-refractivity contribution is 5.03. The van der Waals surface area contributed by atoms with Gasteiger partial charge in [-0.15, -0.1) is 12.2 Å². The van der Waals surface area contributed by atoms with Crippen LogP contribution < -0.4 is 5.73 Å². The molecule has 0 spiro atoms. The molecule has 12 heavy (non-hydrogen) atoms. The number of allylic oxidation sites excluding steroid dienone is 1. The average molecular weight is 166 g/mol. The topological polar surface area (TPSA) is 26.0 Å². The van der Waals surface area contributed by atoms with Crippen molar-refractivity contribution in [1.82, 2.24) is 0 Å². The molecule has 0 aromatic rings. The van der Waals surface area contributed by atoms with Gasteiger partial charge in [-0.2, -0.15) is 0 Å². The zero-order chi connectivity index (χ0) is 10.8. The molecule has 1 heteroatoms. The third kappa shape index (κ3) is 1300. The van der Waals surface area contributed by atoms with Crippen molar-refractivity contribution in [3.05, 3.63) is 31.2 Å². The summed E-state index contributed by atoms with van der Waals surface area (Å²) < 4.78 is 0. The third-order valence-electron chi connectivity index (χ3n) is 0.220. The Labute approximate surface area is 77.7 Å². The van der Waals surface area contributed by atoms with E-state index in [4.69, 9.17) is 0 Å². The fraction of sp³-hybridized carbons (Fsp3) is 0.364. The van der Waals surface area contributed by atoms with Crippen molar-refractivity contribution in [2.45, 2.75) is 27.7 Å². The lowest BCUT2D eigenvalue weighted by Crippen LogP contribution is -1.70. The molecular weight excluding hydrogens is 146 g/mol. The van der Waals surface area contributed by atoms with Crippen LogP contribution in [-0.2, 0) is 0 Å². The van der Waals surface area contributed by atoms with Gasteiger partial charge >= 0.3 is 0 Å². The first-order valence-electron chi connectivity index (χ1n) is 3.88. The highest BCUT2D eigenvalue weighted by atomic mass is 14.5. The minimum absolute atomic E-state index is 1.40. The standard InChI is InChI=1S/C4H4.C3H4N.2C2H6/c1-3-4-2;1-2-3-4;2*1-2/h1,4H,2H2;1,4H2;2*1-2H3. The maximum absolute atomic E-state index is 4.66. The van der Waals surface area contributed by atoms with Gasteiger partial charge in [-0.3, -0.25) is 0 Å². The van der Waals surface area contributed by atoms with Crippen LogP contribution in [-0.4, -0.2) is 0 Å². The first kappa shape index (κ1) is 22.4. The molecule has 0 fully saturated rings. The molecule has 2 N–H and O–H groups in total. The van der Waals surface area contributed by atoms with Crippen molar-refractivity contribution >= 4 is 0 Å². The van der Waals surface area contributed by atoms with Gasteiger partial charge in [0, 0.05) is 0 Å². The van der Waals surface area contributed by atoms with Crippen LogP contribution in [0, 0.1) is 18.5 Å². The monoisotopic (exact) mass is 166 g/mol. The number of terminal acetylenes is 1. The number of rotatable bonds is 0. The lowest BCUT2D eigenvalue weighted by Gasteiger charge is -1.41. The summed E-state index contributed by atoms with van der Waals surface area (Å²) in [5, 5.41) is 0. The predicted molar refractivity (Wildman–Crippen MR) is 58.3 cm³/mol. The average Bonchev–Trinajstić information content (AvgIpc) is 2.23. The van der Waals surface area contributed by atoms with Crippen LogP contribution in [0.2, 0.25) is 0 Å². The fourth-order valence-electron chi connectivity index (χ4n) is 0. The van der Waals surface area contributed by atoms with Crippen LogP contribution >= 0.6 is 0 Å². The molecule has 0 saturated carbocycles. The van der Waals surface area contributed by atoms with E-state index < -0.39 is 0 Å². The molecule has 0 rings (SSSR count). The summed E-state index contributed by atoms with van der Waals surface area (Å²) in [7, 11) is 0. The van der Waals surface area contributed by atoms with Crippen molar-refractivity contribution in [2.24, 2.45) is 5.73 Å². The van der Waals surface area contributed by atoms with E-state index in [1.165, 1.54) is 6.08 Å². The summed E-state index contributed by atoms with van der Waals surface area (Å²) in [4.78, 5) is 0. The Bertz CT molecular complexity index is 122. The lowest BCUT2D eigenvalue weighted by atomic mass is 10.7. The van der Waals surface area contributed by atoms with Gasteiger partial charge in [0.15, 0.2) is 0 Å². The van der Waals surface area contributed by atoms with E-state index in [1.807, 2.05) is 27.7 Å². The van der Waals surface area contributed by atoms with Crippen molar-refractivity contribution in [1.29, 1.82) is 0 Å². The SMILES string of the molecule is C#CC=C.C=C=[C]N.CC.CC. The van der Waals surface area contributed by atoms with Crippen molar-refractivity contribution in [3.63, 3.8) is 0 Å². The molecule has 0 aliphatic carbocycles. The maximum Gasteiger partial charge on any atom is 0.106 e. The molecule has 0 amide bonds. The Balaban J connectivity index is -0.0000000380. The molecule has 69 valence electrons. The second kappa shape index (κ2) is 104. The van der Waals surface area contributed by atoms with Crippen LogP contribution in [0.1, 0.15) is 27.7 Å². The van der Waals surface area contributed by atoms with Crippen molar-refractivity contribution in [3.8, 4) is 12.3 Å². The van der Waals surface area contributed by atoms with Crippen LogP contribution in [0.3, 0.4) is 0 Å². The van der Waals surface area contributed by atoms with E-state index in [2.05, 4.69) is 43.2 Å². The highest BCUT2D eigenvalue weighted by Gasteiger charge is 1.26. The fourth-order valence-corrected chi connectivity index (χ4v) is 0. The molecule has 0 bridgehead atoms. The second-order valence-electron chi connectivity index (χ2n) is 0.692.